The van der Waals surface area contributed by atoms with Gasteiger partial charge in [0, 0.05) is 66.5 Å². The lowest BCUT2D eigenvalue weighted by atomic mass is 9.95. The first-order valence-corrected chi connectivity index (χ1v) is 14.1. The summed E-state index contributed by atoms with van der Waals surface area (Å²) in [4.78, 5) is 33.0. The topological polar surface area (TPSA) is 76.9 Å². The minimum absolute atomic E-state index is 0.00928. The fourth-order valence-corrected chi connectivity index (χ4v) is 6.50. The number of amides is 1. The van der Waals surface area contributed by atoms with Gasteiger partial charge in [-0.1, -0.05) is 6.58 Å². The maximum Gasteiger partial charge on any atom is 0.417 e. The maximum absolute atomic E-state index is 15.1. The third-order valence-corrected chi connectivity index (χ3v) is 8.44. The van der Waals surface area contributed by atoms with Crippen molar-refractivity contribution in [2.45, 2.75) is 23.7 Å². The van der Waals surface area contributed by atoms with Gasteiger partial charge in [0.15, 0.2) is 0 Å². The van der Waals surface area contributed by atoms with Crippen LogP contribution in [0.1, 0.15) is 5.56 Å². The van der Waals surface area contributed by atoms with Crippen LogP contribution in [0.15, 0.2) is 46.6 Å². The van der Waals surface area contributed by atoms with E-state index in [2.05, 4.69) is 11.6 Å². The van der Waals surface area contributed by atoms with E-state index in [4.69, 9.17) is 9.47 Å². The zero-order valence-corrected chi connectivity index (χ0v) is 23.4. The van der Waals surface area contributed by atoms with Crippen LogP contribution in [0, 0.1) is 11.6 Å². The molecule has 0 unspecified atom stereocenters. The number of benzene rings is 2. The Labute approximate surface area is 241 Å². The molecule has 2 aliphatic rings. The van der Waals surface area contributed by atoms with Crippen molar-refractivity contribution in [2.75, 3.05) is 57.2 Å². The second kappa shape index (κ2) is 12.0. The van der Waals surface area contributed by atoms with Gasteiger partial charge in [0.05, 0.1) is 36.9 Å². The average Bonchev–Trinajstić information content (AvgIpc) is 3.15. The molecular formula is C28H27F5N4O4S. The van der Waals surface area contributed by atoms with Gasteiger partial charge in [-0.15, -0.1) is 11.8 Å². The van der Waals surface area contributed by atoms with Crippen LogP contribution < -0.4 is 10.6 Å². The summed E-state index contributed by atoms with van der Waals surface area (Å²) in [6, 6.07) is 3.27. The third-order valence-electron chi connectivity index (χ3n) is 7.21. The number of hydrogen-bond acceptors (Lipinski definition) is 7. The predicted octanol–water partition coefficient (Wildman–Crippen LogP) is 4.33. The van der Waals surface area contributed by atoms with Crippen molar-refractivity contribution in [2.24, 2.45) is 0 Å². The van der Waals surface area contributed by atoms with Gasteiger partial charge in [0.1, 0.15) is 17.5 Å². The normalized spacial score (nSPS) is 17.4. The van der Waals surface area contributed by atoms with Gasteiger partial charge in [-0.25, -0.2) is 13.6 Å². The fourth-order valence-electron chi connectivity index (χ4n) is 5.23. The molecule has 42 heavy (non-hydrogen) atoms. The Kier molecular flexibility index (Phi) is 8.58. The zero-order chi connectivity index (χ0) is 30.2. The highest BCUT2D eigenvalue weighted by atomic mass is 32.2. The Bertz CT molecular complexity index is 1590. The number of aromatic nitrogens is 2. The molecule has 0 radical (unpaired) electrons. The number of carbonyl (C=O) groups is 1. The second-order valence-electron chi connectivity index (χ2n) is 9.79. The summed E-state index contributed by atoms with van der Waals surface area (Å²) in [7, 11) is 1.49. The molecule has 5 rings (SSSR count). The lowest BCUT2D eigenvalue weighted by Crippen LogP contribution is -2.49. The fraction of sp³-hybridized carbons (Fsp3) is 0.393. The number of thioether (sulfide) groups is 1. The van der Waals surface area contributed by atoms with Crippen molar-refractivity contribution in [3.05, 3.63) is 64.6 Å². The number of hydrogen-bond donors (Lipinski definition) is 0. The minimum Gasteiger partial charge on any atom is -0.382 e. The highest BCUT2D eigenvalue weighted by molar-refractivity contribution is 7.99. The number of ether oxygens (including phenoxy) is 2. The summed E-state index contributed by atoms with van der Waals surface area (Å²) in [5, 5.41) is 0.0525. The summed E-state index contributed by atoms with van der Waals surface area (Å²) >= 11 is 1.01. The minimum atomic E-state index is -4.94. The summed E-state index contributed by atoms with van der Waals surface area (Å²) < 4.78 is 85.2. The van der Waals surface area contributed by atoms with Crippen LogP contribution in [-0.4, -0.2) is 78.7 Å². The van der Waals surface area contributed by atoms with E-state index in [1.165, 1.54) is 17.8 Å². The molecule has 1 aromatic heterocycles. The Morgan fingerprint density at radius 1 is 1.17 bits per heavy atom. The molecule has 0 aliphatic carbocycles. The molecule has 0 N–H and O–H groups in total. The number of nitrogens with zero attached hydrogens (tertiary/aromatic N) is 4. The molecule has 1 amide bonds. The monoisotopic (exact) mass is 610 g/mol. The van der Waals surface area contributed by atoms with Gasteiger partial charge in [0.25, 0.3) is 0 Å². The van der Waals surface area contributed by atoms with E-state index in [1.807, 2.05) is 0 Å². The first-order valence-electron chi connectivity index (χ1n) is 13.1. The van der Waals surface area contributed by atoms with E-state index >= 15 is 4.39 Å². The molecule has 3 heterocycles. The number of piperazine rings is 1. The molecule has 0 spiro atoms. The lowest BCUT2D eigenvalue weighted by molar-refractivity contribution is -0.137. The van der Waals surface area contributed by atoms with Crippen LogP contribution in [0.5, 0.6) is 0 Å². The smallest absolute Gasteiger partial charge is 0.382 e. The molecule has 1 fully saturated rings. The number of alkyl halides is 3. The summed E-state index contributed by atoms with van der Waals surface area (Å²) in [5.41, 5.74) is -2.63. The van der Waals surface area contributed by atoms with E-state index < -0.39 is 46.3 Å². The Balaban J connectivity index is 1.76. The molecular weight excluding hydrogens is 583 g/mol. The summed E-state index contributed by atoms with van der Waals surface area (Å²) in [6.45, 7) is 4.85. The molecule has 2 aromatic carbocycles. The Morgan fingerprint density at radius 3 is 2.55 bits per heavy atom. The van der Waals surface area contributed by atoms with Crippen LogP contribution in [0.3, 0.4) is 0 Å². The first kappa shape index (κ1) is 30.0. The van der Waals surface area contributed by atoms with Crippen LogP contribution in [0.4, 0.5) is 27.8 Å². The number of methoxy groups -OCH3 is 1. The van der Waals surface area contributed by atoms with E-state index in [0.717, 1.165) is 30.0 Å². The molecule has 1 atom stereocenters. The Hall–Kier alpha value is -3.49. The van der Waals surface area contributed by atoms with Crippen LogP contribution in [0.25, 0.3) is 22.0 Å². The maximum atomic E-state index is 15.1. The van der Waals surface area contributed by atoms with Crippen LogP contribution >= 0.6 is 11.8 Å². The molecule has 224 valence electrons. The van der Waals surface area contributed by atoms with E-state index in [-0.39, 0.29) is 79.2 Å². The number of halogens is 5. The highest BCUT2D eigenvalue weighted by Gasteiger charge is 2.39. The molecule has 1 saturated heterocycles. The zero-order valence-electron chi connectivity index (χ0n) is 22.5. The van der Waals surface area contributed by atoms with Gasteiger partial charge < -0.3 is 19.3 Å². The van der Waals surface area contributed by atoms with Crippen molar-refractivity contribution < 1.29 is 36.2 Å². The van der Waals surface area contributed by atoms with Crippen molar-refractivity contribution in [1.29, 1.82) is 0 Å². The van der Waals surface area contributed by atoms with Crippen molar-refractivity contribution in [3.63, 3.8) is 0 Å². The quantitative estimate of drug-likeness (QED) is 0.224. The number of carbonyl (C=O) groups excluding carboxylic acids is 1. The summed E-state index contributed by atoms with van der Waals surface area (Å²) in [6.07, 6.45) is -4.35. The van der Waals surface area contributed by atoms with Crippen molar-refractivity contribution in [1.82, 2.24) is 14.5 Å². The van der Waals surface area contributed by atoms with Gasteiger partial charge >= 0.3 is 11.9 Å². The SMILES string of the molecule is C=CC(=O)N1CCN(c2nc(=O)n3c4c(c(-c5ccc(F)cc5F)c(C(F)(F)F)cc24)SC[C@@H](OCCOC)C3)CC1. The lowest BCUT2D eigenvalue weighted by Gasteiger charge is -2.35. The van der Waals surface area contributed by atoms with Crippen molar-refractivity contribution in [3.8, 4) is 11.1 Å². The first-order chi connectivity index (χ1) is 20.0. The van der Waals surface area contributed by atoms with Gasteiger partial charge in [-0.2, -0.15) is 18.2 Å². The number of rotatable bonds is 7. The van der Waals surface area contributed by atoms with Gasteiger partial charge in [-0.3, -0.25) is 9.36 Å². The predicted molar refractivity (Wildman–Crippen MR) is 148 cm³/mol. The molecule has 0 bridgehead atoms. The molecule has 3 aromatic rings. The highest BCUT2D eigenvalue weighted by Crippen LogP contribution is 2.48. The second-order valence-corrected chi connectivity index (χ2v) is 10.8. The molecule has 0 saturated carbocycles. The van der Waals surface area contributed by atoms with E-state index in [9.17, 15) is 27.2 Å². The van der Waals surface area contributed by atoms with Crippen LogP contribution in [-0.2, 0) is 27.0 Å². The molecule has 14 heteroatoms. The van der Waals surface area contributed by atoms with Gasteiger partial charge in [0.2, 0.25) is 5.91 Å². The van der Waals surface area contributed by atoms with E-state index in [0.29, 0.717) is 6.07 Å². The van der Waals surface area contributed by atoms with Crippen LogP contribution in [0.2, 0.25) is 0 Å². The molecule has 8 nitrogen and oxygen atoms in total. The standard InChI is InChI=1S/C28H27F5N4O4S/c1-3-22(38)35-6-8-36(9-7-35)26-19-13-20(28(31,32)33)23(18-5-4-16(29)12-21(18)30)25-24(19)37(27(39)34-26)14-17(15-42-25)41-11-10-40-2/h3-5,12-13,17H,1,6-11,14-15H2,2H3/t17-/m0/s1. The molecule has 2 aliphatic heterocycles. The van der Waals surface area contributed by atoms with Crippen molar-refractivity contribution >= 4 is 34.4 Å². The average molecular weight is 611 g/mol. The summed E-state index contributed by atoms with van der Waals surface area (Å²) in [5.74, 6) is -2.20. The third kappa shape index (κ3) is 5.75. The number of anilines is 1. The largest absolute Gasteiger partial charge is 0.417 e. The van der Waals surface area contributed by atoms with Gasteiger partial charge in [-0.05, 0) is 24.3 Å². The Morgan fingerprint density at radius 2 is 1.90 bits per heavy atom. The van der Waals surface area contributed by atoms with E-state index in [1.54, 1.807) is 9.80 Å².